The van der Waals surface area contributed by atoms with Crippen LogP contribution in [0.1, 0.15) is 34.8 Å². The van der Waals surface area contributed by atoms with Crippen LogP contribution < -0.4 is 0 Å². The predicted octanol–water partition coefficient (Wildman–Crippen LogP) is 3.61. The number of amides is 1. The Labute approximate surface area is 169 Å². The van der Waals surface area contributed by atoms with Gasteiger partial charge < -0.3 is 9.47 Å². The number of fused-ring (bicyclic) bond motifs is 2. The Bertz CT molecular complexity index is 1230. The van der Waals surface area contributed by atoms with Crippen LogP contribution in [0.2, 0.25) is 0 Å². The molecular formula is C20H17FN6OS. The van der Waals surface area contributed by atoms with Crippen LogP contribution in [-0.2, 0) is 6.54 Å². The van der Waals surface area contributed by atoms with E-state index >= 15 is 0 Å². The standard InChI is InChI=1S/C20H17FN6OS/c1-11-9-15-16(10-22-11)29-19(23-15)18-25-24-17-12(2)26(7-8-27(17)18)20(28)13-3-5-14(21)6-4-13/h3-6,9-10,12H,7-8H2,1-2H3. The van der Waals surface area contributed by atoms with Crippen LogP contribution >= 0.6 is 11.3 Å². The van der Waals surface area contributed by atoms with E-state index in [2.05, 4.69) is 15.2 Å². The summed E-state index contributed by atoms with van der Waals surface area (Å²) in [5, 5.41) is 9.51. The Morgan fingerprint density at radius 1 is 1.21 bits per heavy atom. The van der Waals surface area contributed by atoms with Gasteiger partial charge in [-0.15, -0.1) is 21.5 Å². The Balaban J connectivity index is 1.47. The molecule has 1 aliphatic rings. The first-order valence-electron chi connectivity index (χ1n) is 9.24. The van der Waals surface area contributed by atoms with Crippen molar-refractivity contribution in [3.63, 3.8) is 0 Å². The van der Waals surface area contributed by atoms with E-state index in [1.165, 1.54) is 35.6 Å². The van der Waals surface area contributed by atoms with Crippen molar-refractivity contribution in [3.05, 3.63) is 59.4 Å². The molecule has 0 fully saturated rings. The average Bonchev–Trinajstić information content (AvgIpc) is 3.32. The second-order valence-electron chi connectivity index (χ2n) is 7.03. The van der Waals surface area contributed by atoms with Gasteiger partial charge in [-0.2, -0.15) is 0 Å². The maximum Gasteiger partial charge on any atom is 0.254 e. The summed E-state index contributed by atoms with van der Waals surface area (Å²) in [6.07, 6.45) is 1.82. The smallest absolute Gasteiger partial charge is 0.254 e. The van der Waals surface area contributed by atoms with Crippen molar-refractivity contribution in [2.45, 2.75) is 26.4 Å². The topological polar surface area (TPSA) is 76.8 Å². The molecule has 3 aromatic heterocycles. The van der Waals surface area contributed by atoms with E-state index in [9.17, 15) is 9.18 Å². The highest BCUT2D eigenvalue weighted by Gasteiger charge is 2.32. The van der Waals surface area contributed by atoms with E-state index in [0.717, 1.165) is 26.7 Å². The molecule has 5 rings (SSSR count). The van der Waals surface area contributed by atoms with Gasteiger partial charge in [0, 0.05) is 30.5 Å². The third-order valence-corrected chi connectivity index (χ3v) is 6.14. The zero-order valence-corrected chi connectivity index (χ0v) is 16.6. The van der Waals surface area contributed by atoms with Crippen LogP contribution in [0, 0.1) is 12.7 Å². The number of hydrogen-bond acceptors (Lipinski definition) is 6. The summed E-state index contributed by atoms with van der Waals surface area (Å²) in [5.41, 5.74) is 2.27. The lowest BCUT2D eigenvalue weighted by atomic mass is 10.1. The van der Waals surface area contributed by atoms with Gasteiger partial charge in [0.2, 0.25) is 0 Å². The monoisotopic (exact) mass is 408 g/mol. The molecule has 0 radical (unpaired) electrons. The third-order valence-electron chi connectivity index (χ3n) is 5.14. The number of rotatable bonds is 2. The summed E-state index contributed by atoms with van der Waals surface area (Å²) in [6, 6.07) is 7.31. The highest BCUT2D eigenvalue weighted by atomic mass is 32.1. The first kappa shape index (κ1) is 17.9. The Hall–Kier alpha value is -3.20. The molecule has 29 heavy (non-hydrogen) atoms. The number of carbonyl (C=O) groups is 1. The van der Waals surface area contributed by atoms with Gasteiger partial charge in [-0.25, -0.2) is 9.37 Å². The molecule has 0 aliphatic carbocycles. The number of aromatic nitrogens is 5. The summed E-state index contributed by atoms with van der Waals surface area (Å²) in [7, 11) is 0. The van der Waals surface area contributed by atoms with Crippen LogP contribution in [0.5, 0.6) is 0 Å². The number of carbonyl (C=O) groups excluding carboxylic acids is 1. The number of aryl methyl sites for hydroxylation is 1. The van der Waals surface area contributed by atoms with E-state index in [1.54, 1.807) is 4.90 Å². The van der Waals surface area contributed by atoms with Crippen LogP contribution in [0.4, 0.5) is 4.39 Å². The first-order chi connectivity index (χ1) is 14.0. The van der Waals surface area contributed by atoms with Crippen molar-refractivity contribution in [3.8, 4) is 10.8 Å². The summed E-state index contributed by atoms with van der Waals surface area (Å²) in [5.74, 6) is 0.920. The molecular weight excluding hydrogens is 391 g/mol. The molecule has 1 aliphatic heterocycles. The molecule has 0 N–H and O–H groups in total. The van der Waals surface area contributed by atoms with Crippen molar-refractivity contribution in [1.82, 2.24) is 29.6 Å². The molecule has 0 saturated heterocycles. The molecule has 7 nitrogen and oxygen atoms in total. The highest BCUT2D eigenvalue weighted by Crippen LogP contribution is 2.33. The number of benzene rings is 1. The van der Waals surface area contributed by atoms with Crippen molar-refractivity contribution < 1.29 is 9.18 Å². The molecule has 1 unspecified atom stereocenters. The molecule has 1 aromatic carbocycles. The molecule has 0 saturated carbocycles. The van der Waals surface area contributed by atoms with E-state index in [0.29, 0.717) is 24.5 Å². The maximum atomic E-state index is 13.2. The van der Waals surface area contributed by atoms with Gasteiger partial charge in [0.1, 0.15) is 5.82 Å². The molecule has 1 atom stereocenters. The minimum Gasteiger partial charge on any atom is -0.327 e. The zero-order valence-electron chi connectivity index (χ0n) is 15.8. The van der Waals surface area contributed by atoms with Gasteiger partial charge in [0.25, 0.3) is 5.91 Å². The number of nitrogens with zero attached hydrogens (tertiary/aromatic N) is 6. The fourth-order valence-corrected chi connectivity index (χ4v) is 4.52. The Morgan fingerprint density at radius 2 is 2.00 bits per heavy atom. The Morgan fingerprint density at radius 3 is 2.79 bits per heavy atom. The molecule has 9 heteroatoms. The SMILES string of the molecule is Cc1cc2nc(-c3nnc4n3CCN(C(=O)c3ccc(F)cc3)C4C)sc2cn1. The predicted molar refractivity (Wildman–Crippen MR) is 107 cm³/mol. The zero-order chi connectivity index (χ0) is 20.1. The normalized spacial score (nSPS) is 16.2. The van der Waals surface area contributed by atoms with Gasteiger partial charge in [-0.1, -0.05) is 0 Å². The second-order valence-corrected chi connectivity index (χ2v) is 8.06. The van der Waals surface area contributed by atoms with Crippen molar-refractivity contribution in [1.29, 1.82) is 0 Å². The molecule has 0 bridgehead atoms. The summed E-state index contributed by atoms with van der Waals surface area (Å²) in [6.45, 7) is 4.95. The lowest BCUT2D eigenvalue weighted by Crippen LogP contribution is -2.41. The Kier molecular flexibility index (Phi) is 4.13. The molecule has 4 aromatic rings. The van der Waals surface area contributed by atoms with E-state index in [4.69, 9.17) is 4.98 Å². The van der Waals surface area contributed by atoms with Crippen LogP contribution in [-0.4, -0.2) is 42.1 Å². The minimum atomic E-state index is -0.362. The minimum absolute atomic E-state index is 0.144. The van der Waals surface area contributed by atoms with Crippen LogP contribution in [0.25, 0.3) is 21.0 Å². The quantitative estimate of drug-likeness (QED) is 0.506. The van der Waals surface area contributed by atoms with E-state index < -0.39 is 0 Å². The maximum absolute atomic E-state index is 13.2. The second kappa shape index (κ2) is 6.70. The summed E-state index contributed by atoms with van der Waals surface area (Å²) < 4.78 is 16.2. The number of pyridine rings is 1. The van der Waals surface area contributed by atoms with Crippen molar-refractivity contribution >= 4 is 27.5 Å². The van der Waals surface area contributed by atoms with Gasteiger partial charge in [-0.3, -0.25) is 9.78 Å². The fourth-order valence-electron chi connectivity index (χ4n) is 3.61. The lowest BCUT2D eigenvalue weighted by molar-refractivity contribution is 0.0638. The molecule has 1 amide bonds. The van der Waals surface area contributed by atoms with Crippen molar-refractivity contribution in [2.75, 3.05) is 6.54 Å². The molecule has 0 spiro atoms. The summed E-state index contributed by atoms with van der Waals surface area (Å²) in [4.78, 5) is 23.7. The van der Waals surface area contributed by atoms with Gasteiger partial charge >= 0.3 is 0 Å². The van der Waals surface area contributed by atoms with Gasteiger partial charge in [0.05, 0.1) is 16.3 Å². The van der Waals surface area contributed by atoms with Gasteiger partial charge in [0.15, 0.2) is 16.7 Å². The van der Waals surface area contributed by atoms with Crippen LogP contribution in [0.3, 0.4) is 0 Å². The number of hydrogen-bond donors (Lipinski definition) is 0. The largest absolute Gasteiger partial charge is 0.327 e. The molecule has 146 valence electrons. The summed E-state index contributed by atoms with van der Waals surface area (Å²) >= 11 is 1.53. The van der Waals surface area contributed by atoms with E-state index in [-0.39, 0.29) is 17.8 Å². The van der Waals surface area contributed by atoms with Crippen LogP contribution in [0.15, 0.2) is 36.5 Å². The van der Waals surface area contributed by atoms with E-state index in [1.807, 2.05) is 30.7 Å². The average molecular weight is 408 g/mol. The fraction of sp³-hybridized carbons (Fsp3) is 0.250. The van der Waals surface area contributed by atoms with Crippen molar-refractivity contribution in [2.24, 2.45) is 0 Å². The number of thiazole rings is 1. The first-order valence-corrected chi connectivity index (χ1v) is 10.1. The van der Waals surface area contributed by atoms with Gasteiger partial charge in [-0.05, 0) is 44.2 Å². The highest BCUT2D eigenvalue weighted by molar-refractivity contribution is 7.21. The lowest BCUT2D eigenvalue weighted by Gasteiger charge is -2.33. The molecule has 4 heterocycles. The number of halogens is 1. The third kappa shape index (κ3) is 2.98.